The Labute approximate surface area is 174 Å². The Morgan fingerprint density at radius 1 is 1.17 bits per heavy atom. The van der Waals surface area contributed by atoms with Crippen LogP contribution in [0.25, 0.3) is 11.6 Å². The van der Waals surface area contributed by atoms with E-state index in [-0.39, 0.29) is 5.88 Å². The van der Waals surface area contributed by atoms with Crippen LogP contribution in [0, 0.1) is 0 Å². The van der Waals surface area contributed by atoms with Gasteiger partial charge < -0.3 is 9.84 Å². The third kappa shape index (κ3) is 3.76. The van der Waals surface area contributed by atoms with Crippen LogP contribution in [-0.2, 0) is 13.5 Å². The number of hydrogen-bond donors (Lipinski definition) is 1. The van der Waals surface area contributed by atoms with Crippen molar-refractivity contribution < 1.29 is 9.84 Å². The first-order valence-electron chi connectivity index (χ1n) is 9.65. The molecule has 0 bridgehead atoms. The molecule has 6 heteroatoms. The number of allylic oxidation sites excluding steroid dienone is 1. The maximum Gasteiger partial charge on any atom is 0.210 e. The molecule has 0 atom stereocenters. The minimum absolute atomic E-state index is 0.195. The van der Waals surface area contributed by atoms with Crippen LogP contribution >= 0.6 is 11.3 Å². The third-order valence-corrected chi connectivity index (χ3v) is 5.90. The van der Waals surface area contributed by atoms with Crippen LogP contribution in [0.15, 0.2) is 52.4 Å². The van der Waals surface area contributed by atoms with E-state index in [1.807, 2.05) is 50.5 Å². The number of aromatic nitrogens is 1. The SMILES string of the molecule is CCOc1ccc(N=c2sc(/C=C3/C=Nc4c(CC)cccc43)c(O)n2C)cc1. The Hall–Kier alpha value is -3.12. The molecule has 3 aromatic rings. The average molecular weight is 406 g/mol. The number of rotatable bonds is 5. The van der Waals surface area contributed by atoms with Crippen molar-refractivity contribution in [3.8, 4) is 11.6 Å². The summed E-state index contributed by atoms with van der Waals surface area (Å²) in [5, 5.41) is 10.6. The fourth-order valence-corrected chi connectivity index (χ4v) is 4.26. The number of ether oxygens (including phenoxy) is 1. The first-order valence-corrected chi connectivity index (χ1v) is 10.5. The number of aryl methyl sites for hydroxylation is 1. The van der Waals surface area contributed by atoms with Crippen molar-refractivity contribution in [1.29, 1.82) is 0 Å². The maximum atomic E-state index is 10.6. The number of aromatic hydroxyl groups is 1. The quantitative estimate of drug-likeness (QED) is 0.631. The standard InChI is InChI=1S/C23H23N3O2S/c1-4-15-7-6-8-19-16(14-24-21(15)19)13-20-22(27)26(3)23(29-20)25-17-9-11-18(12-10-17)28-5-2/h6-14,27H,4-5H2,1-3H3/b16-13-,25-23?. The zero-order valence-electron chi connectivity index (χ0n) is 16.7. The van der Waals surface area contributed by atoms with Crippen LogP contribution in [-0.4, -0.2) is 22.5 Å². The summed E-state index contributed by atoms with van der Waals surface area (Å²) >= 11 is 1.44. The predicted molar refractivity (Wildman–Crippen MR) is 120 cm³/mol. The lowest BCUT2D eigenvalue weighted by atomic mass is 10.0. The molecular weight excluding hydrogens is 382 g/mol. The van der Waals surface area contributed by atoms with E-state index in [1.165, 1.54) is 16.9 Å². The van der Waals surface area contributed by atoms with E-state index in [0.717, 1.165) is 44.4 Å². The lowest BCUT2D eigenvalue weighted by molar-refractivity contribution is 0.340. The highest BCUT2D eigenvalue weighted by molar-refractivity contribution is 7.10. The molecule has 29 heavy (non-hydrogen) atoms. The number of para-hydroxylation sites is 1. The van der Waals surface area contributed by atoms with E-state index < -0.39 is 0 Å². The zero-order valence-corrected chi connectivity index (χ0v) is 17.5. The molecule has 1 aliphatic heterocycles. The molecule has 2 aromatic carbocycles. The normalized spacial score (nSPS) is 14.6. The molecule has 0 saturated heterocycles. The van der Waals surface area contributed by atoms with Crippen LogP contribution in [0.2, 0.25) is 0 Å². The van der Waals surface area contributed by atoms with Gasteiger partial charge in [0, 0.05) is 24.4 Å². The van der Waals surface area contributed by atoms with Crippen molar-refractivity contribution in [1.82, 2.24) is 4.57 Å². The summed E-state index contributed by atoms with van der Waals surface area (Å²) in [6.45, 7) is 4.72. The fraction of sp³-hybridized carbons (Fsp3) is 0.217. The Morgan fingerprint density at radius 2 is 1.97 bits per heavy atom. The summed E-state index contributed by atoms with van der Waals surface area (Å²) in [6, 6.07) is 13.9. The average Bonchev–Trinajstić information content (AvgIpc) is 3.26. The number of thiazole rings is 1. The summed E-state index contributed by atoms with van der Waals surface area (Å²) in [7, 11) is 1.81. The fourth-order valence-electron chi connectivity index (χ4n) is 3.28. The second-order valence-corrected chi connectivity index (χ2v) is 7.70. The zero-order chi connectivity index (χ0) is 20.4. The van der Waals surface area contributed by atoms with Crippen molar-refractivity contribution in [2.75, 3.05) is 6.61 Å². The lowest BCUT2D eigenvalue weighted by Crippen LogP contribution is -2.08. The van der Waals surface area contributed by atoms with E-state index in [9.17, 15) is 5.11 Å². The molecule has 0 amide bonds. The molecule has 2 heterocycles. The van der Waals surface area contributed by atoms with Crippen LogP contribution in [0.3, 0.4) is 0 Å². The molecule has 5 nitrogen and oxygen atoms in total. The molecule has 0 radical (unpaired) electrons. The van der Waals surface area contributed by atoms with Crippen molar-refractivity contribution in [2.24, 2.45) is 17.0 Å². The summed E-state index contributed by atoms with van der Waals surface area (Å²) in [6.07, 6.45) is 4.79. The monoisotopic (exact) mass is 405 g/mol. The number of aliphatic imine (C=N–C) groups is 1. The molecule has 1 aromatic heterocycles. The van der Waals surface area contributed by atoms with Gasteiger partial charge in [-0.25, -0.2) is 4.99 Å². The van der Waals surface area contributed by atoms with Crippen molar-refractivity contribution in [3.05, 3.63) is 63.3 Å². The number of benzene rings is 2. The van der Waals surface area contributed by atoms with Gasteiger partial charge in [-0.15, -0.1) is 0 Å². The Bertz CT molecular complexity index is 1170. The summed E-state index contributed by atoms with van der Waals surface area (Å²) in [5.41, 5.74) is 5.17. The molecular formula is C23H23N3O2S. The van der Waals surface area contributed by atoms with Crippen LogP contribution in [0.4, 0.5) is 11.4 Å². The van der Waals surface area contributed by atoms with Gasteiger partial charge in [-0.3, -0.25) is 9.56 Å². The lowest BCUT2D eigenvalue weighted by Gasteiger charge is -2.04. The predicted octanol–water partition coefficient (Wildman–Crippen LogP) is 5.24. The Kier molecular flexibility index (Phi) is 5.36. The summed E-state index contributed by atoms with van der Waals surface area (Å²) < 4.78 is 7.17. The highest BCUT2D eigenvalue weighted by Gasteiger charge is 2.17. The van der Waals surface area contributed by atoms with E-state index in [2.05, 4.69) is 35.1 Å². The molecule has 0 fully saturated rings. The highest BCUT2D eigenvalue weighted by atomic mass is 32.1. The van der Waals surface area contributed by atoms with Gasteiger partial charge in [0.1, 0.15) is 5.75 Å². The molecule has 0 saturated carbocycles. The summed E-state index contributed by atoms with van der Waals surface area (Å²) in [4.78, 5) is 10.7. The van der Waals surface area contributed by atoms with Gasteiger partial charge in [0.05, 0.1) is 22.9 Å². The molecule has 4 rings (SSSR count). The molecule has 1 aliphatic rings. The second-order valence-electron chi connectivity index (χ2n) is 6.69. The minimum Gasteiger partial charge on any atom is -0.494 e. The van der Waals surface area contributed by atoms with Crippen molar-refractivity contribution in [2.45, 2.75) is 20.3 Å². The summed E-state index contributed by atoms with van der Waals surface area (Å²) in [5.74, 6) is 1.02. The van der Waals surface area contributed by atoms with Crippen molar-refractivity contribution >= 4 is 40.6 Å². The smallest absolute Gasteiger partial charge is 0.210 e. The molecule has 0 unspecified atom stereocenters. The van der Waals surface area contributed by atoms with E-state index in [1.54, 1.807) is 4.57 Å². The number of fused-ring (bicyclic) bond motifs is 1. The topological polar surface area (TPSA) is 59.1 Å². The van der Waals surface area contributed by atoms with E-state index in [4.69, 9.17) is 4.74 Å². The molecule has 0 aliphatic carbocycles. The van der Waals surface area contributed by atoms with Gasteiger partial charge in [0.15, 0.2) is 4.80 Å². The first-order chi connectivity index (χ1) is 14.1. The van der Waals surface area contributed by atoms with Crippen molar-refractivity contribution in [3.63, 3.8) is 0 Å². The van der Waals surface area contributed by atoms with Crippen LogP contribution in [0.5, 0.6) is 11.6 Å². The Balaban J connectivity index is 1.70. The third-order valence-electron chi connectivity index (χ3n) is 4.83. The van der Waals surface area contributed by atoms with Crippen LogP contribution < -0.4 is 9.54 Å². The number of hydrogen-bond acceptors (Lipinski definition) is 5. The highest BCUT2D eigenvalue weighted by Crippen LogP contribution is 2.37. The van der Waals surface area contributed by atoms with Gasteiger partial charge in [-0.2, -0.15) is 0 Å². The second kappa shape index (κ2) is 8.09. The van der Waals surface area contributed by atoms with Gasteiger partial charge in [0.2, 0.25) is 5.88 Å². The van der Waals surface area contributed by atoms with E-state index >= 15 is 0 Å². The van der Waals surface area contributed by atoms with Crippen LogP contribution in [0.1, 0.15) is 29.9 Å². The van der Waals surface area contributed by atoms with E-state index in [0.29, 0.717) is 6.61 Å². The molecule has 148 valence electrons. The first kappa shape index (κ1) is 19.2. The van der Waals surface area contributed by atoms with Gasteiger partial charge in [-0.05, 0) is 49.2 Å². The van der Waals surface area contributed by atoms with Gasteiger partial charge in [-0.1, -0.05) is 36.5 Å². The maximum absolute atomic E-state index is 10.6. The largest absolute Gasteiger partial charge is 0.494 e. The minimum atomic E-state index is 0.195. The molecule has 1 N–H and O–H groups in total. The molecule has 0 spiro atoms. The number of nitrogens with zero attached hydrogens (tertiary/aromatic N) is 3. The van der Waals surface area contributed by atoms with Gasteiger partial charge in [0.25, 0.3) is 0 Å². The Morgan fingerprint density at radius 3 is 2.69 bits per heavy atom. The van der Waals surface area contributed by atoms with Gasteiger partial charge >= 0.3 is 0 Å².